The zero-order valence-corrected chi connectivity index (χ0v) is 13.1. The van der Waals surface area contributed by atoms with Gasteiger partial charge in [0.2, 0.25) is 0 Å². The van der Waals surface area contributed by atoms with Crippen LogP contribution in [0, 0.1) is 5.82 Å². The van der Waals surface area contributed by atoms with Crippen molar-refractivity contribution in [2.45, 2.75) is 19.3 Å². The summed E-state index contributed by atoms with van der Waals surface area (Å²) < 4.78 is 20.0. The lowest BCUT2D eigenvalue weighted by atomic mass is 9.99. The summed E-state index contributed by atoms with van der Waals surface area (Å²) in [5.41, 5.74) is 3.37. The van der Waals surface area contributed by atoms with Crippen LogP contribution in [0.1, 0.15) is 16.7 Å². The van der Waals surface area contributed by atoms with E-state index >= 15 is 0 Å². The molecule has 120 valence electrons. The number of ether oxygens (including phenoxy) is 1. The van der Waals surface area contributed by atoms with Crippen molar-refractivity contribution in [3.63, 3.8) is 0 Å². The van der Waals surface area contributed by atoms with Crippen molar-refractivity contribution >= 4 is 10.9 Å². The number of methoxy groups -OCH3 is 1. The SMILES string of the molecule is COc1c(CCc2ccccc2)cc(F)c2[nH]cc(CCO)c12. The number of aliphatic hydroxyl groups is 1. The van der Waals surface area contributed by atoms with E-state index in [0.29, 0.717) is 24.1 Å². The Kier molecular flexibility index (Phi) is 4.63. The minimum Gasteiger partial charge on any atom is -0.496 e. The molecule has 1 heterocycles. The van der Waals surface area contributed by atoms with E-state index < -0.39 is 0 Å². The summed E-state index contributed by atoms with van der Waals surface area (Å²) in [6.45, 7) is 0.0198. The van der Waals surface area contributed by atoms with E-state index in [4.69, 9.17) is 4.74 Å². The number of H-pyrrole nitrogens is 1. The maximum Gasteiger partial charge on any atom is 0.147 e. The molecule has 0 aliphatic carbocycles. The third-order valence-electron chi connectivity index (χ3n) is 4.13. The topological polar surface area (TPSA) is 45.2 Å². The van der Waals surface area contributed by atoms with Crippen LogP contribution in [-0.2, 0) is 19.3 Å². The van der Waals surface area contributed by atoms with E-state index in [1.807, 2.05) is 18.2 Å². The van der Waals surface area contributed by atoms with Gasteiger partial charge in [0.25, 0.3) is 0 Å². The molecule has 0 aliphatic heterocycles. The Balaban J connectivity index is 2.00. The highest BCUT2D eigenvalue weighted by molar-refractivity contribution is 5.91. The highest BCUT2D eigenvalue weighted by Crippen LogP contribution is 2.35. The van der Waals surface area contributed by atoms with Gasteiger partial charge in [-0.2, -0.15) is 0 Å². The van der Waals surface area contributed by atoms with Crippen molar-refractivity contribution in [2.75, 3.05) is 13.7 Å². The fourth-order valence-corrected chi connectivity index (χ4v) is 3.02. The molecule has 0 unspecified atom stereocenters. The number of fused-ring (bicyclic) bond motifs is 1. The number of aromatic nitrogens is 1. The van der Waals surface area contributed by atoms with Gasteiger partial charge in [-0.1, -0.05) is 30.3 Å². The predicted octanol–water partition coefficient (Wildman–Crippen LogP) is 3.64. The standard InChI is InChI=1S/C19H20FNO2/c1-23-19-14(8-7-13-5-3-2-4-6-13)11-16(20)18-17(19)15(9-10-22)12-21-18/h2-6,11-12,21-22H,7-10H2,1H3. The molecule has 0 saturated heterocycles. The van der Waals surface area contributed by atoms with Crippen LogP contribution in [0.15, 0.2) is 42.6 Å². The summed E-state index contributed by atoms with van der Waals surface area (Å²) in [7, 11) is 1.61. The lowest BCUT2D eigenvalue weighted by Crippen LogP contribution is -1.99. The molecule has 0 bridgehead atoms. The quantitative estimate of drug-likeness (QED) is 0.730. The third kappa shape index (κ3) is 3.08. The maximum absolute atomic E-state index is 14.4. The monoisotopic (exact) mass is 313 g/mol. The van der Waals surface area contributed by atoms with Gasteiger partial charge in [0.15, 0.2) is 0 Å². The second kappa shape index (κ2) is 6.84. The number of aliphatic hydroxyl groups excluding tert-OH is 1. The smallest absolute Gasteiger partial charge is 0.147 e. The van der Waals surface area contributed by atoms with Crippen molar-refractivity contribution in [3.8, 4) is 5.75 Å². The fraction of sp³-hybridized carbons (Fsp3) is 0.263. The normalized spacial score (nSPS) is 11.1. The molecule has 3 aromatic rings. The van der Waals surface area contributed by atoms with Crippen LogP contribution in [0.2, 0.25) is 0 Å². The molecule has 0 fully saturated rings. The number of halogens is 1. The predicted molar refractivity (Wildman–Crippen MR) is 89.4 cm³/mol. The molecule has 0 atom stereocenters. The highest BCUT2D eigenvalue weighted by Gasteiger charge is 2.17. The van der Waals surface area contributed by atoms with Crippen LogP contribution in [0.25, 0.3) is 10.9 Å². The van der Waals surface area contributed by atoms with Gasteiger partial charge >= 0.3 is 0 Å². The second-order valence-electron chi connectivity index (χ2n) is 5.57. The van der Waals surface area contributed by atoms with Crippen molar-refractivity contribution < 1.29 is 14.2 Å². The molecule has 1 aromatic heterocycles. The van der Waals surface area contributed by atoms with Crippen LogP contribution in [0.3, 0.4) is 0 Å². The summed E-state index contributed by atoms with van der Waals surface area (Å²) in [5.74, 6) is 0.412. The third-order valence-corrected chi connectivity index (χ3v) is 4.13. The molecule has 4 heteroatoms. The summed E-state index contributed by atoms with van der Waals surface area (Å²) in [5, 5.41) is 9.94. The van der Waals surface area contributed by atoms with Crippen molar-refractivity contribution in [1.29, 1.82) is 0 Å². The van der Waals surface area contributed by atoms with Crippen molar-refractivity contribution in [1.82, 2.24) is 4.98 Å². The lowest BCUT2D eigenvalue weighted by Gasteiger charge is -2.12. The molecule has 0 aliphatic rings. The van der Waals surface area contributed by atoms with Gasteiger partial charge in [-0.25, -0.2) is 4.39 Å². The van der Waals surface area contributed by atoms with Crippen molar-refractivity contribution in [2.24, 2.45) is 0 Å². The largest absolute Gasteiger partial charge is 0.496 e. The first-order valence-corrected chi connectivity index (χ1v) is 7.74. The Labute approximate surface area is 134 Å². The van der Waals surface area contributed by atoms with Crippen LogP contribution in [0.5, 0.6) is 5.75 Å². The van der Waals surface area contributed by atoms with E-state index in [0.717, 1.165) is 22.9 Å². The molecule has 3 nitrogen and oxygen atoms in total. The number of hydrogen-bond donors (Lipinski definition) is 2. The Hall–Kier alpha value is -2.33. The Morgan fingerprint density at radius 3 is 2.57 bits per heavy atom. The van der Waals surface area contributed by atoms with Gasteiger partial charge < -0.3 is 14.8 Å². The van der Waals surface area contributed by atoms with Gasteiger partial charge in [-0.3, -0.25) is 0 Å². The molecule has 2 aromatic carbocycles. The van der Waals surface area contributed by atoms with Gasteiger partial charge in [0.05, 0.1) is 12.6 Å². The second-order valence-corrected chi connectivity index (χ2v) is 5.57. The highest BCUT2D eigenvalue weighted by atomic mass is 19.1. The first kappa shape index (κ1) is 15.6. The van der Waals surface area contributed by atoms with Gasteiger partial charge in [-0.05, 0) is 42.0 Å². The molecule has 0 spiro atoms. The number of rotatable bonds is 6. The Morgan fingerprint density at radius 1 is 1.09 bits per heavy atom. The van der Waals surface area contributed by atoms with Gasteiger partial charge in [0, 0.05) is 18.2 Å². The molecule has 3 rings (SSSR count). The zero-order chi connectivity index (χ0) is 16.2. The van der Waals surface area contributed by atoms with E-state index in [9.17, 15) is 9.50 Å². The van der Waals surface area contributed by atoms with Crippen LogP contribution in [0.4, 0.5) is 4.39 Å². The first-order chi connectivity index (χ1) is 11.2. The summed E-state index contributed by atoms with van der Waals surface area (Å²) >= 11 is 0. The molecule has 23 heavy (non-hydrogen) atoms. The fourth-order valence-electron chi connectivity index (χ4n) is 3.02. The maximum atomic E-state index is 14.4. The molecular weight excluding hydrogens is 293 g/mol. The minimum absolute atomic E-state index is 0.0198. The minimum atomic E-state index is -0.284. The molecule has 2 N–H and O–H groups in total. The molecule has 0 saturated carbocycles. The summed E-state index contributed by atoms with van der Waals surface area (Å²) in [6, 6.07) is 11.7. The number of benzene rings is 2. The summed E-state index contributed by atoms with van der Waals surface area (Å²) in [4.78, 5) is 2.95. The Bertz CT molecular complexity index is 796. The number of aryl methyl sites for hydroxylation is 2. The summed E-state index contributed by atoms with van der Waals surface area (Å²) in [6.07, 6.45) is 3.73. The molecule has 0 radical (unpaired) electrons. The van der Waals surface area contributed by atoms with Crippen LogP contribution >= 0.6 is 0 Å². The Morgan fingerprint density at radius 2 is 1.87 bits per heavy atom. The zero-order valence-electron chi connectivity index (χ0n) is 13.1. The van der Waals surface area contributed by atoms with Crippen LogP contribution < -0.4 is 4.74 Å². The number of nitrogens with one attached hydrogen (secondary N) is 1. The average Bonchev–Trinajstić information content (AvgIpc) is 2.99. The van der Waals surface area contributed by atoms with E-state index in [2.05, 4.69) is 17.1 Å². The number of hydrogen-bond acceptors (Lipinski definition) is 2. The molecule has 0 amide bonds. The van der Waals surface area contributed by atoms with Gasteiger partial charge in [-0.15, -0.1) is 0 Å². The van der Waals surface area contributed by atoms with E-state index in [-0.39, 0.29) is 12.4 Å². The lowest BCUT2D eigenvalue weighted by molar-refractivity contribution is 0.300. The van der Waals surface area contributed by atoms with Crippen LogP contribution in [-0.4, -0.2) is 23.8 Å². The molecular formula is C19H20FNO2. The average molecular weight is 313 g/mol. The van der Waals surface area contributed by atoms with Gasteiger partial charge in [0.1, 0.15) is 11.6 Å². The van der Waals surface area contributed by atoms with Crippen molar-refractivity contribution in [3.05, 3.63) is 65.1 Å². The van der Waals surface area contributed by atoms with E-state index in [1.165, 1.54) is 5.56 Å². The first-order valence-electron chi connectivity index (χ1n) is 7.74. The van der Waals surface area contributed by atoms with E-state index in [1.54, 1.807) is 19.4 Å². The number of aromatic amines is 1.